The number of hydrogen-bond acceptors (Lipinski definition) is 0. The third-order valence-corrected chi connectivity index (χ3v) is 0.975. The van der Waals surface area contributed by atoms with Crippen molar-refractivity contribution in [1.29, 1.82) is 0 Å². The molecule has 0 saturated heterocycles. The zero-order chi connectivity index (χ0) is 5.11. The van der Waals surface area contributed by atoms with Gasteiger partial charge < -0.3 is 4.98 Å². The van der Waals surface area contributed by atoms with Gasteiger partial charge in [0.05, 0.1) is 5.88 Å². The minimum Gasteiger partial charge on any atom is -0.364 e. The predicted molar refractivity (Wildman–Crippen MR) is 30.0 cm³/mol. The standard InChI is InChI=1S/C5H5ClN/c6-4-5-2-1-3-7-5/h1-4,7H. The first-order valence-corrected chi connectivity index (χ1v) is 2.44. The molecule has 1 aromatic rings. The van der Waals surface area contributed by atoms with E-state index in [4.69, 9.17) is 11.6 Å². The summed E-state index contributed by atoms with van der Waals surface area (Å²) in [5.41, 5.74) is 0.946. The van der Waals surface area contributed by atoms with Crippen LogP contribution in [0, 0.1) is 5.88 Å². The summed E-state index contributed by atoms with van der Waals surface area (Å²) < 4.78 is 0. The summed E-state index contributed by atoms with van der Waals surface area (Å²) in [4.78, 5) is 2.90. The lowest BCUT2D eigenvalue weighted by molar-refractivity contribution is 1.33. The largest absolute Gasteiger partial charge is 0.364 e. The maximum absolute atomic E-state index is 5.31. The van der Waals surface area contributed by atoms with Crippen LogP contribution in [-0.4, -0.2) is 4.98 Å². The first-order valence-electron chi connectivity index (χ1n) is 2.00. The van der Waals surface area contributed by atoms with Gasteiger partial charge in [0.25, 0.3) is 0 Å². The Labute approximate surface area is 47.3 Å². The van der Waals surface area contributed by atoms with Gasteiger partial charge in [-0.1, -0.05) is 0 Å². The summed E-state index contributed by atoms with van der Waals surface area (Å²) >= 11 is 5.31. The summed E-state index contributed by atoms with van der Waals surface area (Å²) in [6.45, 7) is 0. The highest BCUT2D eigenvalue weighted by molar-refractivity contribution is 6.24. The number of H-pyrrole nitrogens is 1. The van der Waals surface area contributed by atoms with Gasteiger partial charge in [-0.25, -0.2) is 0 Å². The minimum absolute atomic E-state index is 0.946. The fourth-order valence-corrected chi connectivity index (χ4v) is 0.548. The Bertz CT molecular complexity index is 123. The zero-order valence-electron chi connectivity index (χ0n) is 3.69. The van der Waals surface area contributed by atoms with Crippen molar-refractivity contribution in [3.05, 3.63) is 29.9 Å². The van der Waals surface area contributed by atoms with E-state index in [1.165, 1.54) is 5.88 Å². The topological polar surface area (TPSA) is 15.8 Å². The van der Waals surface area contributed by atoms with E-state index >= 15 is 0 Å². The molecule has 2 heteroatoms. The Balaban J connectivity index is 2.76. The number of rotatable bonds is 1. The number of halogens is 1. The Morgan fingerprint density at radius 1 is 1.71 bits per heavy atom. The van der Waals surface area contributed by atoms with Crippen LogP contribution in [-0.2, 0) is 0 Å². The second kappa shape index (κ2) is 2.03. The van der Waals surface area contributed by atoms with E-state index in [2.05, 4.69) is 4.98 Å². The summed E-state index contributed by atoms with van der Waals surface area (Å²) in [6, 6.07) is 3.79. The van der Waals surface area contributed by atoms with E-state index in [1.54, 1.807) is 0 Å². The second-order valence-electron chi connectivity index (χ2n) is 1.23. The molecular formula is C5H5ClN. The van der Waals surface area contributed by atoms with Crippen LogP contribution in [0.3, 0.4) is 0 Å². The minimum atomic E-state index is 0.946. The highest BCUT2D eigenvalue weighted by Crippen LogP contribution is 1.99. The summed E-state index contributed by atoms with van der Waals surface area (Å²) in [6.07, 6.45) is 1.83. The van der Waals surface area contributed by atoms with Gasteiger partial charge in [0.2, 0.25) is 0 Å². The molecule has 0 spiro atoms. The van der Waals surface area contributed by atoms with E-state index in [0.29, 0.717) is 0 Å². The summed E-state index contributed by atoms with van der Waals surface area (Å²) in [5.74, 6) is 1.50. The maximum Gasteiger partial charge on any atom is 0.0953 e. The van der Waals surface area contributed by atoms with Crippen molar-refractivity contribution in [2.75, 3.05) is 0 Å². The van der Waals surface area contributed by atoms with Crippen LogP contribution in [0.4, 0.5) is 0 Å². The van der Waals surface area contributed by atoms with E-state index in [1.807, 2.05) is 18.3 Å². The molecule has 1 aromatic heterocycles. The van der Waals surface area contributed by atoms with Gasteiger partial charge in [0, 0.05) is 11.9 Å². The van der Waals surface area contributed by atoms with Crippen LogP contribution in [0.15, 0.2) is 18.3 Å². The van der Waals surface area contributed by atoms with Crippen molar-refractivity contribution in [2.24, 2.45) is 0 Å². The highest BCUT2D eigenvalue weighted by Gasteiger charge is 1.83. The van der Waals surface area contributed by atoms with Crippen LogP contribution in [0.1, 0.15) is 5.69 Å². The van der Waals surface area contributed by atoms with Gasteiger partial charge in [-0.05, 0) is 12.1 Å². The van der Waals surface area contributed by atoms with Gasteiger partial charge in [-0.2, -0.15) is 0 Å². The Hall–Kier alpha value is -0.430. The molecule has 1 rings (SSSR count). The summed E-state index contributed by atoms with van der Waals surface area (Å²) in [5, 5.41) is 0. The molecule has 0 saturated carbocycles. The molecule has 0 amide bonds. The van der Waals surface area contributed by atoms with Gasteiger partial charge in [-0.3, -0.25) is 0 Å². The lowest BCUT2D eigenvalue weighted by atomic mass is 10.5. The third kappa shape index (κ3) is 0.967. The average Bonchev–Trinajstić information content (AvgIpc) is 2.14. The molecule has 1 radical (unpaired) electrons. The Kier molecular flexibility index (Phi) is 1.37. The maximum atomic E-state index is 5.31. The molecule has 0 atom stereocenters. The van der Waals surface area contributed by atoms with E-state index in [0.717, 1.165) is 5.69 Å². The molecule has 37 valence electrons. The average molecular weight is 115 g/mol. The van der Waals surface area contributed by atoms with Gasteiger partial charge in [-0.15, -0.1) is 11.6 Å². The molecular weight excluding hydrogens is 110 g/mol. The first kappa shape index (κ1) is 4.72. The van der Waals surface area contributed by atoms with Crippen molar-refractivity contribution in [2.45, 2.75) is 0 Å². The fourth-order valence-electron chi connectivity index (χ4n) is 0.412. The first-order chi connectivity index (χ1) is 3.43. The van der Waals surface area contributed by atoms with Crippen LogP contribution in [0.5, 0.6) is 0 Å². The molecule has 0 bridgehead atoms. The lowest BCUT2D eigenvalue weighted by Gasteiger charge is -1.78. The molecule has 1 heterocycles. The van der Waals surface area contributed by atoms with Crippen molar-refractivity contribution in [3.8, 4) is 0 Å². The van der Waals surface area contributed by atoms with E-state index in [9.17, 15) is 0 Å². The fraction of sp³-hybridized carbons (Fsp3) is 0. The number of aromatic nitrogens is 1. The van der Waals surface area contributed by atoms with Crippen LogP contribution >= 0.6 is 11.6 Å². The number of hydrogen-bond donors (Lipinski definition) is 1. The molecule has 0 fully saturated rings. The normalized spacial score (nSPS) is 9.29. The van der Waals surface area contributed by atoms with Crippen molar-refractivity contribution in [1.82, 2.24) is 4.98 Å². The second-order valence-corrected chi connectivity index (χ2v) is 1.45. The van der Waals surface area contributed by atoms with Gasteiger partial charge in [0.1, 0.15) is 0 Å². The monoisotopic (exact) mass is 114 g/mol. The third-order valence-electron chi connectivity index (χ3n) is 0.740. The molecule has 1 nitrogen and oxygen atoms in total. The number of nitrogens with one attached hydrogen (secondary N) is 1. The van der Waals surface area contributed by atoms with Gasteiger partial charge >= 0.3 is 0 Å². The van der Waals surface area contributed by atoms with Crippen LogP contribution in [0.25, 0.3) is 0 Å². The molecule has 0 unspecified atom stereocenters. The molecule has 0 aliphatic heterocycles. The Morgan fingerprint density at radius 2 is 2.57 bits per heavy atom. The summed E-state index contributed by atoms with van der Waals surface area (Å²) in [7, 11) is 0. The van der Waals surface area contributed by atoms with Crippen molar-refractivity contribution in [3.63, 3.8) is 0 Å². The SMILES string of the molecule is Cl[CH]c1ccc[nH]1. The quantitative estimate of drug-likeness (QED) is 0.573. The van der Waals surface area contributed by atoms with Crippen LogP contribution < -0.4 is 0 Å². The van der Waals surface area contributed by atoms with Crippen molar-refractivity contribution < 1.29 is 0 Å². The molecule has 0 aromatic carbocycles. The number of aromatic amines is 1. The van der Waals surface area contributed by atoms with Crippen molar-refractivity contribution >= 4 is 11.6 Å². The van der Waals surface area contributed by atoms with Gasteiger partial charge in [0.15, 0.2) is 0 Å². The zero-order valence-corrected chi connectivity index (χ0v) is 4.44. The molecule has 0 aliphatic rings. The van der Waals surface area contributed by atoms with E-state index in [-0.39, 0.29) is 0 Å². The molecule has 7 heavy (non-hydrogen) atoms. The predicted octanol–water partition coefficient (Wildman–Crippen LogP) is 1.76. The lowest BCUT2D eigenvalue weighted by Crippen LogP contribution is -1.67. The van der Waals surface area contributed by atoms with E-state index < -0.39 is 0 Å². The molecule has 1 N–H and O–H groups in total. The molecule has 0 aliphatic carbocycles. The Morgan fingerprint density at radius 3 is 2.86 bits per heavy atom. The highest BCUT2D eigenvalue weighted by atomic mass is 35.5. The van der Waals surface area contributed by atoms with Crippen LogP contribution in [0.2, 0.25) is 0 Å². The smallest absolute Gasteiger partial charge is 0.0953 e.